The van der Waals surface area contributed by atoms with E-state index in [2.05, 4.69) is 90.3 Å². The van der Waals surface area contributed by atoms with E-state index in [-0.39, 0.29) is 17.4 Å². The third-order valence-corrected chi connectivity index (χ3v) is 7.60. The summed E-state index contributed by atoms with van der Waals surface area (Å²) < 4.78 is 2.10. The van der Waals surface area contributed by atoms with Gasteiger partial charge < -0.3 is 5.32 Å². The van der Waals surface area contributed by atoms with E-state index in [1.807, 2.05) is 12.4 Å². The van der Waals surface area contributed by atoms with Gasteiger partial charge in [0, 0.05) is 41.6 Å². The first kappa shape index (κ1) is 22.8. The van der Waals surface area contributed by atoms with Gasteiger partial charge in [0.05, 0.1) is 17.3 Å². The summed E-state index contributed by atoms with van der Waals surface area (Å²) >= 11 is 0. The van der Waals surface area contributed by atoms with Gasteiger partial charge in [-0.3, -0.25) is 9.48 Å². The number of azo groups is 1. The third-order valence-electron chi connectivity index (χ3n) is 7.60. The zero-order chi connectivity index (χ0) is 24.1. The Morgan fingerprint density at radius 1 is 1.21 bits per heavy atom. The number of aryl methyl sites for hydroxylation is 1. The van der Waals surface area contributed by atoms with Crippen molar-refractivity contribution in [1.29, 1.82) is 0 Å². The number of nitrogens with one attached hydrogen (secondary N) is 1. The Labute approximate surface area is 202 Å². The molecule has 0 saturated heterocycles. The number of allylic oxidation sites excluding steroid dienone is 2. The van der Waals surface area contributed by atoms with Crippen LogP contribution in [-0.2, 0) is 16.8 Å². The van der Waals surface area contributed by atoms with Crippen molar-refractivity contribution >= 4 is 5.78 Å². The van der Waals surface area contributed by atoms with Crippen molar-refractivity contribution in [3.8, 4) is 11.3 Å². The molecule has 6 heteroatoms. The van der Waals surface area contributed by atoms with Crippen LogP contribution in [0.3, 0.4) is 0 Å². The number of nitrogens with zero attached hydrogens (tertiary/aromatic N) is 4. The standard InChI is InChI=1S/C28H35N5O/c1-6-28(20-9-7-8-19(14-20)23-10-12-30-33(23)13-11-18(2)3)21-17-29-32-26(21)31-22-15-27(4,5)16-24(34)25(22)28/h7-10,12,14,17-18,26,31H,6,11,13,15-16H2,1-5H3. The largest absolute Gasteiger partial charge is 0.362 e. The molecule has 2 unspecified atom stereocenters. The fourth-order valence-electron chi connectivity index (χ4n) is 5.97. The molecule has 2 aromatic rings. The number of carbonyl (C=O) groups is 1. The van der Waals surface area contributed by atoms with Crippen LogP contribution in [0.15, 0.2) is 69.8 Å². The van der Waals surface area contributed by atoms with Crippen LogP contribution in [-0.4, -0.2) is 21.7 Å². The van der Waals surface area contributed by atoms with Gasteiger partial charge in [0.25, 0.3) is 0 Å². The topological polar surface area (TPSA) is 71.6 Å². The average molecular weight is 458 g/mol. The SMILES string of the molecule is CCC1(c2cccc(-c3ccnn3CCC(C)C)c2)C2=CN=NC2NC2=C1C(=O)CC(C)(C)C2. The Morgan fingerprint density at radius 2 is 2.03 bits per heavy atom. The maximum atomic E-state index is 13.7. The molecule has 0 fully saturated rings. The van der Waals surface area contributed by atoms with Crippen LogP contribution in [0, 0.1) is 11.3 Å². The minimum atomic E-state index is -0.527. The summed E-state index contributed by atoms with van der Waals surface area (Å²) in [5.74, 6) is 0.853. The summed E-state index contributed by atoms with van der Waals surface area (Å²) in [5.41, 5.74) is 5.81. The van der Waals surface area contributed by atoms with Crippen molar-refractivity contribution in [2.75, 3.05) is 0 Å². The zero-order valence-corrected chi connectivity index (χ0v) is 20.9. The van der Waals surface area contributed by atoms with Crippen LogP contribution in [0.4, 0.5) is 0 Å². The quantitative estimate of drug-likeness (QED) is 0.564. The van der Waals surface area contributed by atoms with E-state index in [0.29, 0.717) is 12.3 Å². The predicted octanol–water partition coefficient (Wildman–Crippen LogP) is 6.17. The summed E-state index contributed by atoms with van der Waals surface area (Å²) in [4.78, 5) is 13.7. The fraction of sp³-hybridized carbons (Fsp3) is 0.500. The number of benzene rings is 1. The molecule has 6 nitrogen and oxygen atoms in total. The molecule has 0 bridgehead atoms. The van der Waals surface area contributed by atoms with Crippen LogP contribution in [0.1, 0.15) is 65.9 Å². The average Bonchev–Trinajstić information content (AvgIpc) is 3.45. The molecule has 178 valence electrons. The fourth-order valence-corrected chi connectivity index (χ4v) is 5.97. The second-order valence-corrected chi connectivity index (χ2v) is 11.1. The molecule has 0 amide bonds. The highest BCUT2D eigenvalue weighted by Crippen LogP contribution is 2.54. The van der Waals surface area contributed by atoms with E-state index in [1.54, 1.807) is 0 Å². The minimum absolute atomic E-state index is 0.0654. The molecule has 1 N–H and O–H groups in total. The summed E-state index contributed by atoms with van der Waals surface area (Å²) in [6.45, 7) is 11.9. The van der Waals surface area contributed by atoms with Gasteiger partial charge in [-0.1, -0.05) is 52.8 Å². The Morgan fingerprint density at radius 3 is 2.79 bits per heavy atom. The Bertz CT molecular complexity index is 1210. The first-order valence-corrected chi connectivity index (χ1v) is 12.5. The van der Waals surface area contributed by atoms with Gasteiger partial charge in [-0.25, -0.2) is 0 Å². The Hall–Kier alpha value is -3.02. The van der Waals surface area contributed by atoms with Gasteiger partial charge in [-0.15, -0.1) is 0 Å². The van der Waals surface area contributed by atoms with Crippen molar-refractivity contribution in [2.45, 2.75) is 78.4 Å². The molecule has 2 atom stereocenters. The normalized spacial score (nSPS) is 25.3. The summed E-state index contributed by atoms with van der Waals surface area (Å²) in [7, 11) is 0. The Kier molecular flexibility index (Phi) is 5.58. The molecule has 3 aliphatic rings. The number of hydrogen-bond donors (Lipinski definition) is 1. The van der Waals surface area contributed by atoms with Crippen LogP contribution in [0.5, 0.6) is 0 Å². The highest BCUT2D eigenvalue weighted by molar-refractivity contribution is 6.01. The van der Waals surface area contributed by atoms with E-state index < -0.39 is 5.41 Å². The second kappa shape index (κ2) is 8.33. The number of aromatic nitrogens is 2. The number of carbonyl (C=O) groups excluding carboxylic acids is 1. The van der Waals surface area contributed by atoms with E-state index in [4.69, 9.17) is 0 Å². The molecule has 1 aromatic carbocycles. The number of rotatable bonds is 6. The highest BCUT2D eigenvalue weighted by atomic mass is 16.1. The van der Waals surface area contributed by atoms with Crippen molar-refractivity contribution in [2.24, 2.45) is 21.6 Å². The van der Waals surface area contributed by atoms with E-state index in [0.717, 1.165) is 59.5 Å². The first-order valence-electron chi connectivity index (χ1n) is 12.5. The summed E-state index contributed by atoms with van der Waals surface area (Å²) in [6.07, 6.45) is 6.81. The molecule has 34 heavy (non-hydrogen) atoms. The summed E-state index contributed by atoms with van der Waals surface area (Å²) in [6, 6.07) is 10.8. The number of fused-ring (bicyclic) bond motifs is 1. The lowest BCUT2D eigenvalue weighted by molar-refractivity contribution is -0.119. The maximum Gasteiger partial charge on any atom is 0.164 e. The number of ketones is 1. The monoisotopic (exact) mass is 457 g/mol. The van der Waals surface area contributed by atoms with Gasteiger partial charge in [0.15, 0.2) is 11.9 Å². The number of hydrogen-bond acceptors (Lipinski definition) is 5. The number of Topliss-reactive ketones (excluding diaryl/α,β-unsaturated/α-hetero) is 1. The van der Waals surface area contributed by atoms with Gasteiger partial charge in [0.1, 0.15) is 0 Å². The molecular formula is C28H35N5O. The van der Waals surface area contributed by atoms with E-state index >= 15 is 0 Å². The smallest absolute Gasteiger partial charge is 0.164 e. The van der Waals surface area contributed by atoms with Gasteiger partial charge >= 0.3 is 0 Å². The van der Waals surface area contributed by atoms with Gasteiger partial charge in [-0.2, -0.15) is 15.3 Å². The second-order valence-electron chi connectivity index (χ2n) is 11.1. The predicted molar refractivity (Wildman–Crippen MR) is 134 cm³/mol. The van der Waals surface area contributed by atoms with Gasteiger partial charge in [-0.05, 0) is 48.3 Å². The molecule has 0 spiro atoms. The Balaban J connectivity index is 1.65. The highest BCUT2D eigenvalue weighted by Gasteiger charge is 2.53. The van der Waals surface area contributed by atoms with Crippen molar-refractivity contribution in [3.63, 3.8) is 0 Å². The van der Waals surface area contributed by atoms with Crippen LogP contribution in [0.25, 0.3) is 11.3 Å². The molecule has 0 saturated carbocycles. The molecular weight excluding hydrogens is 422 g/mol. The molecule has 2 aliphatic heterocycles. The van der Waals surface area contributed by atoms with Crippen molar-refractivity contribution in [3.05, 3.63) is 65.1 Å². The summed E-state index contributed by atoms with van der Waals surface area (Å²) in [5, 5.41) is 16.9. The minimum Gasteiger partial charge on any atom is -0.362 e. The van der Waals surface area contributed by atoms with E-state index in [9.17, 15) is 4.79 Å². The third kappa shape index (κ3) is 3.64. The molecule has 0 radical (unpaired) electrons. The molecule has 5 rings (SSSR count). The molecule has 1 aliphatic carbocycles. The molecule has 1 aromatic heterocycles. The first-order chi connectivity index (χ1) is 16.2. The lowest BCUT2D eigenvalue weighted by atomic mass is 9.58. The lowest BCUT2D eigenvalue weighted by Gasteiger charge is -2.47. The molecule has 3 heterocycles. The lowest BCUT2D eigenvalue weighted by Crippen LogP contribution is -2.51. The zero-order valence-electron chi connectivity index (χ0n) is 20.9. The van der Waals surface area contributed by atoms with Crippen LogP contribution in [0.2, 0.25) is 0 Å². The van der Waals surface area contributed by atoms with Crippen molar-refractivity contribution < 1.29 is 4.79 Å². The van der Waals surface area contributed by atoms with E-state index in [1.165, 1.54) is 0 Å². The maximum absolute atomic E-state index is 13.7. The van der Waals surface area contributed by atoms with Crippen LogP contribution < -0.4 is 5.32 Å². The van der Waals surface area contributed by atoms with Crippen molar-refractivity contribution in [1.82, 2.24) is 15.1 Å². The van der Waals surface area contributed by atoms with Gasteiger partial charge in [0.2, 0.25) is 0 Å². The van der Waals surface area contributed by atoms with Crippen LogP contribution >= 0.6 is 0 Å².